The minimum Gasteiger partial charge on any atom is -0.346 e. The predicted octanol–water partition coefficient (Wildman–Crippen LogP) is 2.57. The van der Waals surface area contributed by atoms with Crippen molar-refractivity contribution < 1.29 is 4.79 Å². The van der Waals surface area contributed by atoms with E-state index in [9.17, 15) is 4.79 Å². The number of pyridine rings is 1. The fourth-order valence-electron chi connectivity index (χ4n) is 2.17. The monoisotopic (exact) mass is 265 g/mol. The first-order chi connectivity index (χ1) is 9.74. The molecule has 4 heteroatoms. The summed E-state index contributed by atoms with van der Waals surface area (Å²) in [5, 5.41) is 7.30. The fourth-order valence-corrected chi connectivity index (χ4v) is 2.17. The normalized spacial score (nSPS) is 10.7. The van der Waals surface area contributed by atoms with Crippen LogP contribution in [0.1, 0.15) is 21.6 Å². The van der Waals surface area contributed by atoms with E-state index in [1.807, 2.05) is 61.7 Å². The lowest BCUT2D eigenvalue weighted by atomic mass is 10.1. The van der Waals surface area contributed by atoms with Gasteiger partial charge < -0.3 is 5.32 Å². The van der Waals surface area contributed by atoms with Crippen LogP contribution < -0.4 is 5.32 Å². The average Bonchev–Trinajstić information content (AvgIpc) is 2.88. The summed E-state index contributed by atoms with van der Waals surface area (Å²) in [6.45, 7) is 2.36. The van der Waals surface area contributed by atoms with E-state index in [0.29, 0.717) is 12.1 Å². The summed E-state index contributed by atoms with van der Waals surface area (Å²) in [6, 6.07) is 15.4. The Labute approximate surface area is 117 Å². The van der Waals surface area contributed by atoms with Crippen molar-refractivity contribution in [3.05, 3.63) is 71.5 Å². The van der Waals surface area contributed by atoms with Crippen LogP contribution in [-0.2, 0) is 6.54 Å². The summed E-state index contributed by atoms with van der Waals surface area (Å²) < 4.78 is 1.80. The molecule has 1 aromatic carbocycles. The van der Waals surface area contributed by atoms with Crippen LogP contribution in [-0.4, -0.2) is 15.5 Å². The second-order valence-corrected chi connectivity index (χ2v) is 4.70. The number of amides is 1. The lowest BCUT2D eigenvalue weighted by Crippen LogP contribution is -2.23. The van der Waals surface area contributed by atoms with Gasteiger partial charge in [0.05, 0.1) is 17.8 Å². The number of nitrogens with one attached hydrogen (secondary N) is 1. The van der Waals surface area contributed by atoms with Crippen molar-refractivity contribution in [2.24, 2.45) is 0 Å². The molecule has 0 unspecified atom stereocenters. The predicted molar refractivity (Wildman–Crippen MR) is 77.5 cm³/mol. The molecular formula is C16H15N3O. The molecule has 0 saturated carbocycles. The Balaban J connectivity index is 1.73. The van der Waals surface area contributed by atoms with Gasteiger partial charge in [-0.15, -0.1) is 0 Å². The standard InChI is InChI=1S/C16H15N3O/c1-12-6-2-3-8-15(12)16(20)17-11-13-10-14-7-4-5-9-19(14)18-13/h2-10H,11H2,1H3,(H,17,20). The minimum atomic E-state index is -0.0693. The number of carbonyl (C=O) groups is 1. The van der Waals surface area contributed by atoms with Crippen molar-refractivity contribution in [2.75, 3.05) is 0 Å². The van der Waals surface area contributed by atoms with Crippen molar-refractivity contribution in [1.82, 2.24) is 14.9 Å². The molecule has 3 rings (SSSR count). The minimum absolute atomic E-state index is 0.0693. The van der Waals surface area contributed by atoms with Gasteiger partial charge in [0.1, 0.15) is 0 Å². The van der Waals surface area contributed by atoms with Crippen molar-refractivity contribution >= 4 is 11.4 Å². The molecule has 0 fully saturated rings. The highest BCUT2D eigenvalue weighted by molar-refractivity contribution is 5.95. The Bertz CT molecular complexity index is 728. The van der Waals surface area contributed by atoms with Crippen molar-refractivity contribution in [3.8, 4) is 0 Å². The molecule has 0 saturated heterocycles. The molecule has 1 N–H and O–H groups in total. The zero-order valence-electron chi connectivity index (χ0n) is 11.2. The van der Waals surface area contributed by atoms with Gasteiger partial charge in [-0.2, -0.15) is 5.10 Å². The van der Waals surface area contributed by atoms with Crippen LogP contribution in [0.4, 0.5) is 0 Å². The summed E-state index contributed by atoms with van der Waals surface area (Å²) in [5.74, 6) is -0.0693. The molecule has 0 spiro atoms. The number of hydrogen-bond donors (Lipinski definition) is 1. The molecule has 100 valence electrons. The summed E-state index contributed by atoms with van der Waals surface area (Å²) in [7, 11) is 0. The second-order valence-electron chi connectivity index (χ2n) is 4.70. The smallest absolute Gasteiger partial charge is 0.251 e. The Morgan fingerprint density at radius 1 is 1.20 bits per heavy atom. The number of rotatable bonds is 3. The van der Waals surface area contributed by atoms with E-state index < -0.39 is 0 Å². The summed E-state index contributed by atoms with van der Waals surface area (Å²) in [4.78, 5) is 12.1. The molecule has 2 heterocycles. The van der Waals surface area contributed by atoms with Gasteiger partial charge >= 0.3 is 0 Å². The van der Waals surface area contributed by atoms with E-state index in [-0.39, 0.29) is 5.91 Å². The maximum absolute atomic E-state index is 12.1. The molecule has 0 atom stereocenters. The zero-order valence-corrected chi connectivity index (χ0v) is 11.2. The summed E-state index contributed by atoms with van der Waals surface area (Å²) in [6.07, 6.45) is 1.89. The van der Waals surface area contributed by atoms with Crippen LogP contribution >= 0.6 is 0 Å². The maximum atomic E-state index is 12.1. The summed E-state index contributed by atoms with van der Waals surface area (Å²) >= 11 is 0. The van der Waals surface area contributed by atoms with E-state index >= 15 is 0 Å². The van der Waals surface area contributed by atoms with Gasteiger partial charge in [-0.3, -0.25) is 4.79 Å². The lowest BCUT2D eigenvalue weighted by molar-refractivity contribution is 0.0950. The van der Waals surface area contributed by atoms with E-state index in [1.54, 1.807) is 4.52 Å². The Kier molecular flexibility index (Phi) is 3.21. The SMILES string of the molecule is Cc1ccccc1C(=O)NCc1cc2ccccn2n1. The van der Waals surface area contributed by atoms with E-state index in [0.717, 1.165) is 16.8 Å². The largest absolute Gasteiger partial charge is 0.346 e. The van der Waals surface area contributed by atoms with Crippen LogP contribution in [0.5, 0.6) is 0 Å². The first-order valence-electron chi connectivity index (χ1n) is 6.51. The third kappa shape index (κ3) is 2.40. The lowest BCUT2D eigenvalue weighted by Gasteiger charge is -2.05. The Morgan fingerprint density at radius 2 is 2.00 bits per heavy atom. The number of nitrogens with zero attached hydrogens (tertiary/aromatic N) is 2. The number of aryl methyl sites for hydroxylation is 1. The number of hydrogen-bond acceptors (Lipinski definition) is 2. The quantitative estimate of drug-likeness (QED) is 0.791. The molecular weight excluding hydrogens is 250 g/mol. The first kappa shape index (κ1) is 12.4. The number of benzene rings is 1. The molecule has 0 bridgehead atoms. The van der Waals surface area contributed by atoms with Crippen LogP contribution in [0.2, 0.25) is 0 Å². The number of fused-ring (bicyclic) bond motifs is 1. The van der Waals surface area contributed by atoms with Gasteiger partial charge in [0.15, 0.2) is 0 Å². The number of aromatic nitrogens is 2. The van der Waals surface area contributed by atoms with Crippen molar-refractivity contribution in [2.45, 2.75) is 13.5 Å². The Hall–Kier alpha value is -2.62. The molecule has 4 nitrogen and oxygen atoms in total. The maximum Gasteiger partial charge on any atom is 0.251 e. The van der Waals surface area contributed by atoms with Gasteiger partial charge in [-0.25, -0.2) is 4.52 Å². The molecule has 1 amide bonds. The van der Waals surface area contributed by atoms with Crippen LogP contribution in [0.25, 0.3) is 5.52 Å². The highest BCUT2D eigenvalue weighted by Crippen LogP contribution is 2.08. The van der Waals surface area contributed by atoms with E-state index in [4.69, 9.17) is 0 Å². The van der Waals surface area contributed by atoms with Gasteiger partial charge in [-0.05, 0) is 36.8 Å². The van der Waals surface area contributed by atoms with E-state index in [1.165, 1.54) is 0 Å². The van der Waals surface area contributed by atoms with Gasteiger partial charge in [0.25, 0.3) is 5.91 Å². The van der Waals surface area contributed by atoms with E-state index in [2.05, 4.69) is 10.4 Å². The van der Waals surface area contributed by atoms with Gasteiger partial charge in [0.2, 0.25) is 0 Å². The number of carbonyl (C=O) groups excluding carboxylic acids is 1. The Morgan fingerprint density at radius 3 is 2.80 bits per heavy atom. The highest BCUT2D eigenvalue weighted by Gasteiger charge is 2.08. The third-order valence-corrected chi connectivity index (χ3v) is 3.24. The average molecular weight is 265 g/mol. The summed E-state index contributed by atoms with van der Waals surface area (Å²) in [5.41, 5.74) is 3.54. The van der Waals surface area contributed by atoms with Crippen LogP contribution in [0.15, 0.2) is 54.7 Å². The van der Waals surface area contributed by atoms with Crippen molar-refractivity contribution in [3.63, 3.8) is 0 Å². The van der Waals surface area contributed by atoms with Crippen LogP contribution in [0.3, 0.4) is 0 Å². The van der Waals surface area contributed by atoms with Gasteiger partial charge in [0, 0.05) is 11.8 Å². The fraction of sp³-hybridized carbons (Fsp3) is 0.125. The molecule has 0 aliphatic heterocycles. The van der Waals surface area contributed by atoms with Crippen LogP contribution in [0, 0.1) is 6.92 Å². The van der Waals surface area contributed by atoms with Crippen molar-refractivity contribution in [1.29, 1.82) is 0 Å². The molecule has 0 aliphatic rings. The van der Waals surface area contributed by atoms with Gasteiger partial charge in [-0.1, -0.05) is 24.3 Å². The molecule has 0 aliphatic carbocycles. The first-order valence-corrected chi connectivity index (χ1v) is 6.51. The molecule has 3 aromatic rings. The zero-order chi connectivity index (χ0) is 13.9. The second kappa shape index (κ2) is 5.17. The third-order valence-electron chi connectivity index (χ3n) is 3.24. The molecule has 20 heavy (non-hydrogen) atoms. The highest BCUT2D eigenvalue weighted by atomic mass is 16.1. The molecule has 0 radical (unpaired) electrons. The topological polar surface area (TPSA) is 46.4 Å². The molecule has 2 aromatic heterocycles.